The Morgan fingerprint density at radius 1 is 0.977 bits per heavy atom. The fourth-order valence-electron chi connectivity index (χ4n) is 6.29. The van der Waals surface area contributed by atoms with E-state index in [0.717, 1.165) is 12.8 Å². The Hall–Kier alpha value is -3.44. The normalized spacial score (nSPS) is 24.2. The Morgan fingerprint density at radius 2 is 1.55 bits per heavy atom. The molecular weight excluding hydrogens is 566 g/mol. The van der Waals surface area contributed by atoms with Gasteiger partial charge < -0.3 is 31.3 Å². The molecule has 6 atom stereocenters. The number of hydrogen-bond acceptors (Lipinski definition) is 7. The molecule has 1 aliphatic heterocycles. The van der Waals surface area contributed by atoms with Gasteiger partial charge in [-0.3, -0.25) is 19.2 Å². The van der Waals surface area contributed by atoms with Gasteiger partial charge in [0.2, 0.25) is 17.6 Å². The molecule has 0 aromatic rings. The minimum atomic E-state index is -1.11. The van der Waals surface area contributed by atoms with Crippen LogP contribution in [0.15, 0.2) is 12.7 Å². The maximum atomic E-state index is 14.2. The number of likely N-dealkylation sites (tertiary alicyclic amines) is 1. The molecule has 0 radical (unpaired) electrons. The lowest BCUT2D eigenvalue weighted by Crippen LogP contribution is -2.62. The van der Waals surface area contributed by atoms with Crippen molar-refractivity contribution >= 4 is 35.5 Å². The monoisotopic (exact) mass is 617 g/mol. The van der Waals surface area contributed by atoms with Crippen molar-refractivity contribution in [3.8, 4) is 0 Å². The fraction of sp³-hybridized carbons (Fsp3) is 0.750. The number of amides is 5. The highest BCUT2D eigenvalue weighted by molar-refractivity contribution is 6.37. The van der Waals surface area contributed by atoms with Gasteiger partial charge in [-0.1, -0.05) is 80.9 Å². The molecular formula is C32H51N5O7. The fourth-order valence-corrected chi connectivity index (χ4v) is 6.29. The van der Waals surface area contributed by atoms with Crippen molar-refractivity contribution < 1.29 is 33.5 Å². The maximum absolute atomic E-state index is 14.2. The van der Waals surface area contributed by atoms with Crippen LogP contribution in [0.1, 0.15) is 81.1 Å². The number of rotatable bonds is 13. The number of Topliss-reactive ketones (excluding diaryl/α,β-unsaturated/α-hetero) is 1. The number of carbonyl (C=O) groups is 6. The zero-order chi connectivity index (χ0) is 33.4. The number of ether oxygens (including phenoxy) is 1. The predicted octanol–water partition coefficient (Wildman–Crippen LogP) is 2.06. The van der Waals surface area contributed by atoms with E-state index >= 15 is 0 Å². The van der Waals surface area contributed by atoms with Crippen LogP contribution in [0.4, 0.5) is 4.79 Å². The molecule has 44 heavy (non-hydrogen) atoms. The average Bonchev–Trinajstić information content (AvgIpc) is 3.77. The van der Waals surface area contributed by atoms with Gasteiger partial charge in [0.1, 0.15) is 24.7 Å². The molecule has 2 saturated carbocycles. The minimum Gasteiger partial charge on any atom is -0.460 e. The number of nitrogens with two attached hydrogens (primary N) is 1. The molecule has 2 aliphatic carbocycles. The number of piperidine rings is 1. The van der Waals surface area contributed by atoms with Crippen LogP contribution in [0.3, 0.4) is 0 Å². The van der Waals surface area contributed by atoms with Crippen molar-refractivity contribution in [3.05, 3.63) is 12.7 Å². The number of carbonyl (C=O) groups excluding carboxylic acids is 6. The van der Waals surface area contributed by atoms with Gasteiger partial charge in [-0.2, -0.15) is 0 Å². The molecule has 1 saturated heterocycles. The van der Waals surface area contributed by atoms with E-state index in [0.29, 0.717) is 25.3 Å². The smallest absolute Gasteiger partial charge is 0.329 e. The van der Waals surface area contributed by atoms with Gasteiger partial charge in [0, 0.05) is 6.54 Å². The highest BCUT2D eigenvalue weighted by Crippen LogP contribution is 2.65. The van der Waals surface area contributed by atoms with Gasteiger partial charge in [-0.05, 0) is 46.8 Å². The molecule has 1 heterocycles. The second-order valence-corrected chi connectivity index (χ2v) is 15.3. The summed E-state index contributed by atoms with van der Waals surface area (Å²) in [6.07, 6.45) is 4.52. The van der Waals surface area contributed by atoms with E-state index in [-0.39, 0.29) is 23.9 Å². The molecule has 2 unspecified atom stereocenters. The van der Waals surface area contributed by atoms with E-state index in [1.807, 2.05) is 13.8 Å². The van der Waals surface area contributed by atoms with Crippen LogP contribution < -0.4 is 21.7 Å². The molecule has 5 amide bonds. The predicted molar refractivity (Wildman–Crippen MR) is 164 cm³/mol. The first kappa shape index (κ1) is 35.0. The number of ketones is 1. The Balaban J connectivity index is 1.82. The SMILES string of the molecule is C=CCOC(=O)[C@@H](NC(=O)N[C@H](C(=O)N1C[C@H]2[C@@H](C1C(=O)NC(CCC1CC1)C(=O)C(N)=O)C2(C)C)C(C)(C)C)C(C)(C)C. The molecule has 0 spiro atoms. The summed E-state index contributed by atoms with van der Waals surface area (Å²) in [6.45, 7) is 18.6. The Bertz CT molecular complexity index is 1180. The van der Waals surface area contributed by atoms with Crippen LogP contribution in [-0.4, -0.2) is 77.7 Å². The number of nitrogens with one attached hydrogen (secondary N) is 3. The summed E-state index contributed by atoms with van der Waals surface area (Å²) in [6, 6.07) is -4.74. The van der Waals surface area contributed by atoms with Crippen molar-refractivity contribution in [2.24, 2.45) is 39.7 Å². The molecule has 3 aliphatic rings. The Morgan fingerprint density at radius 3 is 2.05 bits per heavy atom. The lowest BCUT2D eigenvalue weighted by atomic mass is 9.85. The number of esters is 1. The van der Waals surface area contributed by atoms with Gasteiger partial charge in [-0.15, -0.1) is 0 Å². The third-order valence-electron chi connectivity index (χ3n) is 9.31. The van der Waals surface area contributed by atoms with Crippen molar-refractivity contribution in [2.75, 3.05) is 13.2 Å². The van der Waals surface area contributed by atoms with E-state index in [1.165, 1.54) is 11.0 Å². The largest absolute Gasteiger partial charge is 0.460 e. The molecule has 12 heteroatoms. The van der Waals surface area contributed by atoms with Crippen LogP contribution in [0.25, 0.3) is 0 Å². The summed E-state index contributed by atoms with van der Waals surface area (Å²) in [4.78, 5) is 79.9. The van der Waals surface area contributed by atoms with Gasteiger partial charge in [0.05, 0.1) is 6.04 Å². The number of nitrogens with zero attached hydrogens (tertiary/aromatic N) is 1. The van der Waals surface area contributed by atoms with Gasteiger partial charge in [-0.25, -0.2) is 9.59 Å². The summed E-state index contributed by atoms with van der Waals surface area (Å²) in [7, 11) is 0. The zero-order valence-electron chi connectivity index (χ0n) is 27.5. The first-order chi connectivity index (χ1) is 20.2. The summed E-state index contributed by atoms with van der Waals surface area (Å²) in [5, 5.41) is 8.17. The van der Waals surface area contributed by atoms with Crippen molar-refractivity contribution in [1.29, 1.82) is 0 Å². The Kier molecular flexibility index (Phi) is 10.3. The standard InChI is InChI=1S/C32H51N5O7/c1-10-15-44-28(42)24(31(5,6)7)36-29(43)35-23(30(2,3)4)27(41)37-16-18-20(32(18,8)9)21(37)26(40)34-19(22(38)25(33)39)14-13-17-11-12-17/h10,17-21,23-24H,1,11-16H2,2-9H3,(H2,33,39)(H,34,40)(H2,35,36,43)/t18-,19?,20-,21?,23+,24+/m0/s1. The van der Waals surface area contributed by atoms with Gasteiger partial charge in [0.15, 0.2) is 0 Å². The Labute approximate surface area is 260 Å². The van der Waals surface area contributed by atoms with E-state index in [2.05, 4.69) is 22.5 Å². The number of fused-ring (bicyclic) bond motifs is 1. The number of hydrogen-bond donors (Lipinski definition) is 4. The summed E-state index contributed by atoms with van der Waals surface area (Å²) in [5.74, 6) is -3.19. The van der Waals surface area contributed by atoms with Crippen LogP contribution in [0.2, 0.25) is 0 Å². The second-order valence-electron chi connectivity index (χ2n) is 15.3. The highest BCUT2D eigenvalue weighted by Gasteiger charge is 2.70. The molecule has 0 bridgehead atoms. The molecule has 0 aromatic carbocycles. The molecule has 5 N–H and O–H groups in total. The van der Waals surface area contributed by atoms with Crippen molar-refractivity contribution in [3.63, 3.8) is 0 Å². The summed E-state index contributed by atoms with van der Waals surface area (Å²) in [5.41, 5.74) is 3.63. The molecule has 3 rings (SSSR count). The van der Waals surface area contributed by atoms with Gasteiger partial charge >= 0.3 is 12.0 Å². The minimum absolute atomic E-state index is 0.0125. The topological polar surface area (TPSA) is 177 Å². The number of primary amides is 1. The highest BCUT2D eigenvalue weighted by atomic mass is 16.5. The van der Waals surface area contributed by atoms with Crippen LogP contribution in [-0.2, 0) is 28.7 Å². The first-order valence-corrected chi connectivity index (χ1v) is 15.5. The zero-order valence-corrected chi connectivity index (χ0v) is 27.5. The number of urea groups is 1. The van der Waals surface area contributed by atoms with Crippen LogP contribution >= 0.6 is 0 Å². The average molecular weight is 618 g/mol. The van der Waals surface area contributed by atoms with Crippen LogP contribution in [0, 0.1) is 34.0 Å². The second kappa shape index (κ2) is 12.9. The molecule has 3 fully saturated rings. The molecule has 12 nitrogen and oxygen atoms in total. The first-order valence-electron chi connectivity index (χ1n) is 15.5. The third kappa shape index (κ3) is 7.98. The van der Waals surface area contributed by atoms with E-state index in [9.17, 15) is 28.8 Å². The van der Waals surface area contributed by atoms with E-state index < -0.39 is 70.5 Å². The maximum Gasteiger partial charge on any atom is 0.329 e. The third-order valence-corrected chi connectivity index (χ3v) is 9.31. The van der Waals surface area contributed by atoms with E-state index in [4.69, 9.17) is 10.5 Å². The van der Waals surface area contributed by atoms with Crippen molar-refractivity contribution in [1.82, 2.24) is 20.9 Å². The lowest BCUT2D eigenvalue weighted by Gasteiger charge is -2.38. The quantitative estimate of drug-likeness (QED) is 0.139. The lowest BCUT2D eigenvalue weighted by molar-refractivity contribution is -0.147. The summed E-state index contributed by atoms with van der Waals surface area (Å²) < 4.78 is 5.18. The van der Waals surface area contributed by atoms with Crippen molar-refractivity contribution in [2.45, 2.75) is 105 Å². The van der Waals surface area contributed by atoms with Crippen LogP contribution in [0.5, 0.6) is 0 Å². The van der Waals surface area contributed by atoms with Gasteiger partial charge in [0.25, 0.3) is 5.91 Å². The van der Waals surface area contributed by atoms with E-state index in [1.54, 1.807) is 41.5 Å². The molecule has 246 valence electrons. The molecule has 0 aromatic heterocycles. The summed E-state index contributed by atoms with van der Waals surface area (Å²) >= 11 is 0.